The summed E-state index contributed by atoms with van der Waals surface area (Å²) in [6.45, 7) is 5.93. The predicted molar refractivity (Wildman–Crippen MR) is 260 cm³/mol. The molecule has 23 heteroatoms. The number of thiazole rings is 2. The van der Waals surface area contributed by atoms with Crippen molar-refractivity contribution in [1.82, 2.24) is 9.97 Å². The number of alkyl halides is 3. The third kappa shape index (κ3) is 22.2. The number of ketones is 1. The second-order valence-corrected chi connectivity index (χ2v) is 16.3. The van der Waals surface area contributed by atoms with Crippen molar-refractivity contribution in [1.29, 1.82) is 0 Å². The van der Waals surface area contributed by atoms with E-state index in [0.717, 1.165) is 73.4 Å². The van der Waals surface area contributed by atoms with Gasteiger partial charge in [-0.15, -0.1) is 63.0 Å². The maximum absolute atomic E-state index is 14.1. The molecule has 0 saturated carbocycles. The minimum Gasteiger partial charge on any atom is -0.505 e. The fourth-order valence-corrected chi connectivity index (χ4v) is 7.02. The Morgan fingerprint density at radius 2 is 1.10 bits per heavy atom. The summed E-state index contributed by atoms with van der Waals surface area (Å²) >= 11 is 23.5. The SMILES string of the molecule is Cc1[c-]cc(-c2nc(CCl)cs2)cc1.Cc1[c-]cc(-c2nc(COc3ccc(F)c(C(N)=O)c3F)cs2)cc1.Cc1[c-]cc(C(N)=S)cc1.NC(=O)c1c(F)ccc(O)c1F.O=C(CCl)CCl.[Y].[Y].[Y]. The molecule has 2 amide bonds. The number of hydrogen-bond donors (Lipinski definition) is 4. The maximum Gasteiger partial charge on any atom is 0.254 e. The number of thiocarbonyl (C=S) groups is 1. The molecule has 0 unspecified atom stereocenters. The third-order valence-corrected chi connectivity index (χ3v) is 11.2. The summed E-state index contributed by atoms with van der Waals surface area (Å²) in [6.07, 6.45) is 0. The van der Waals surface area contributed by atoms with Gasteiger partial charge >= 0.3 is 0 Å². The standard InChI is InChI=1S/C18H13F2N2O2S.C11H9ClNS.C8H8NS.C7H5F2NO2.C3H4Cl2O.3Y/c1-10-2-4-11(5-3-10)18-22-12(9-25-18)8-24-14-7-6-13(19)15(16(14)20)17(21)23;1-8-2-4-9(5-3-8)11-13-10(6-12)7-14-11;1-6-2-4-7(5-3-6)8(9)10;8-3-1-2-4(11)6(9)5(3)7(10)12;4-1-3(6)2-5;;;/h2,4-7,9H,8H2,1H3,(H2,21,23);2,4-5,7H,6H2,1H3;2,4-5H,1H3,(H2,9,10);1-2,11H,(H2,10,12);1-2H2;;;/q3*-1;;;;;. The predicted octanol–water partition coefficient (Wildman–Crippen LogP) is 10.8. The summed E-state index contributed by atoms with van der Waals surface area (Å²) in [5.41, 5.74) is 21.0. The Kier molecular flexibility index (Phi) is 33.4. The van der Waals surface area contributed by atoms with E-state index in [9.17, 15) is 31.9 Å². The minimum absolute atomic E-state index is 0. The van der Waals surface area contributed by atoms with Crippen LogP contribution in [0.1, 0.15) is 54.4 Å². The van der Waals surface area contributed by atoms with E-state index in [1.54, 1.807) is 22.8 Å². The molecule has 0 bridgehead atoms. The van der Waals surface area contributed by atoms with E-state index >= 15 is 0 Å². The van der Waals surface area contributed by atoms with E-state index in [1.165, 1.54) is 11.3 Å². The molecule has 7 N–H and O–H groups in total. The molecule has 2 heterocycles. The number of carbonyl (C=O) groups excluding carboxylic acids is 3. The quantitative estimate of drug-likeness (QED) is 0.0424. The molecule has 3 radical (unpaired) electrons. The number of aromatic hydroxyl groups is 1. The van der Waals surface area contributed by atoms with Crippen LogP contribution in [0, 0.1) is 62.2 Å². The van der Waals surface area contributed by atoms with Gasteiger partial charge in [0.15, 0.2) is 28.9 Å². The summed E-state index contributed by atoms with van der Waals surface area (Å²) in [6, 6.07) is 30.3. The first kappa shape index (κ1) is 67.4. The van der Waals surface area contributed by atoms with E-state index in [0.29, 0.717) is 16.6 Å². The number of Topliss-reactive ketones (excluding diaryl/α,β-unsaturated/α-hetero) is 1. The van der Waals surface area contributed by atoms with Crippen molar-refractivity contribution in [3.05, 3.63) is 176 Å². The smallest absolute Gasteiger partial charge is 0.254 e. The molecule has 0 saturated heterocycles. The Morgan fingerprint density at radius 3 is 1.47 bits per heavy atom. The molecule has 0 aliphatic rings. The fourth-order valence-electron chi connectivity index (χ4n) is 4.76. The number of primary amides is 2. The van der Waals surface area contributed by atoms with E-state index in [-0.39, 0.29) is 128 Å². The van der Waals surface area contributed by atoms with E-state index in [2.05, 4.69) is 40.0 Å². The Balaban J connectivity index is 0.000000910. The number of halogens is 7. The summed E-state index contributed by atoms with van der Waals surface area (Å²) in [5, 5.41) is 14.3. The van der Waals surface area contributed by atoms with Crippen molar-refractivity contribution in [2.75, 3.05) is 11.8 Å². The summed E-state index contributed by atoms with van der Waals surface area (Å²) in [4.78, 5) is 40.7. The summed E-state index contributed by atoms with van der Waals surface area (Å²) in [7, 11) is 0. The normalized spacial score (nSPS) is 9.63. The third-order valence-electron chi connectivity index (χ3n) is 8.22. The topological polar surface area (TPSA) is 185 Å². The number of amides is 2. The van der Waals surface area contributed by atoms with Crippen LogP contribution in [0.3, 0.4) is 0 Å². The molecule has 0 aliphatic heterocycles. The van der Waals surface area contributed by atoms with Crippen LogP contribution < -0.4 is 21.9 Å². The van der Waals surface area contributed by atoms with Crippen molar-refractivity contribution in [3.63, 3.8) is 0 Å². The Hall–Kier alpha value is -2.64. The number of aryl methyl sites for hydroxylation is 3. The number of benzene rings is 5. The number of carbonyl (C=O) groups is 3. The monoisotopic (exact) mass is 1300 g/mol. The van der Waals surface area contributed by atoms with Gasteiger partial charge in [0.05, 0.1) is 39.0 Å². The Labute approximate surface area is 506 Å². The largest absolute Gasteiger partial charge is 0.505 e. The van der Waals surface area contributed by atoms with Gasteiger partial charge in [0, 0.05) is 114 Å². The number of nitrogens with two attached hydrogens (primary N) is 3. The van der Waals surface area contributed by atoms with Crippen LogP contribution in [0.15, 0.2) is 89.6 Å². The zero-order valence-electron chi connectivity index (χ0n) is 37.3. The molecule has 0 spiro atoms. The van der Waals surface area contributed by atoms with Gasteiger partial charge in [-0.05, 0) is 24.3 Å². The first-order valence-electron chi connectivity index (χ1n) is 19.0. The number of rotatable bonds is 11. The van der Waals surface area contributed by atoms with Crippen LogP contribution in [0.4, 0.5) is 17.6 Å². The molecule has 0 aliphatic carbocycles. The van der Waals surface area contributed by atoms with E-state index in [1.807, 2.05) is 68.6 Å². The second-order valence-electron chi connectivity index (χ2n) is 13.4. The zero-order chi connectivity index (χ0) is 49.8. The van der Waals surface area contributed by atoms with Gasteiger partial charge in [-0.3, -0.25) is 24.4 Å². The zero-order valence-corrected chi connectivity index (χ0v) is 50.5. The first-order valence-corrected chi connectivity index (χ1v) is 22.8. The van der Waals surface area contributed by atoms with E-state index < -0.39 is 52.0 Å². The van der Waals surface area contributed by atoms with Crippen LogP contribution in [-0.2, 0) is 115 Å². The Bertz CT molecular complexity index is 2770. The molecule has 10 nitrogen and oxygen atoms in total. The minimum atomic E-state index is -1.33. The second kappa shape index (κ2) is 34.7. The van der Waals surface area contributed by atoms with Crippen molar-refractivity contribution in [2.45, 2.75) is 33.3 Å². The first-order chi connectivity index (χ1) is 31.8. The van der Waals surface area contributed by atoms with Crippen molar-refractivity contribution < 1.29 is 140 Å². The van der Waals surface area contributed by atoms with Gasteiger partial charge in [-0.2, -0.15) is 89.5 Å². The van der Waals surface area contributed by atoms with Gasteiger partial charge in [0.1, 0.15) is 29.4 Å². The van der Waals surface area contributed by atoms with Gasteiger partial charge in [0.2, 0.25) is 0 Å². The average Bonchev–Trinajstić information content (AvgIpc) is 3.99. The van der Waals surface area contributed by atoms with Gasteiger partial charge < -0.3 is 27.0 Å². The molecule has 361 valence electrons. The molecular formula is C47H39Cl3F4N5O5S3Y3-3. The van der Waals surface area contributed by atoms with Crippen LogP contribution in [-0.4, -0.2) is 49.4 Å². The maximum atomic E-state index is 14.1. The average molecular weight is 1300 g/mol. The molecule has 7 rings (SSSR count). The number of phenolic OH excluding ortho intramolecular Hbond substituents is 1. The molecule has 70 heavy (non-hydrogen) atoms. The molecule has 0 fully saturated rings. The van der Waals surface area contributed by atoms with E-state index in [4.69, 9.17) is 68.3 Å². The number of phenols is 1. The number of hydrogen-bond acceptors (Lipinski definition) is 10. The van der Waals surface area contributed by atoms with Gasteiger partial charge in [0.25, 0.3) is 11.8 Å². The summed E-state index contributed by atoms with van der Waals surface area (Å²) < 4.78 is 58.2. The van der Waals surface area contributed by atoms with Crippen molar-refractivity contribution >= 4 is 92.3 Å². The van der Waals surface area contributed by atoms with Crippen molar-refractivity contribution in [3.8, 4) is 32.6 Å². The molecule has 0 atom stereocenters. The number of aromatic nitrogens is 2. The van der Waals surface area contributed by atoms with Crippen LogP contribution in [0.2, 0.25) is 0 Å². The Morgan fingerprint density at radius 1 is 0.657 bits per heavy atom. The fraction of sp³-hybridized carbons (Fsp3) is 0.149. The number of ether oxygens (including phenoxy) is 1. The van der Waals surface area contributed by atoms with Gasteiger partial charge in [-0.25, -0.2) is 17.6 Å². The van der Waals surface area contributed by atoms with Crippen molar-refractivity contribution in [2.24, 2.45) is 17.2 Å². The van der Waals surface area contributed by atoms with Gasteiger partial charge in [-0.1, -0.05) is 44.1 Å². The van der Waals surface area contributed by atoms with Crippen LogP contribution >= 0.6 is 69.7 Å². The van der Waals surface area contributed by atoms with Crippen LogP contribution in [0.5, 0.6) is 11.5 Å². The van der Waals surface area contributed by atoms with Crippen LogP contribution in [0.25, 0.3) is 21.1 Å². The molecule has 7 aromatic rings. The summed E-state index contributed by atoms with van der Waals surface area (Å²) in [5.74, 6) is -7.64. The molecule has 2 aromatic heterocycles. The molecule has 5 aromatic carbocycles. The molecular weight excluding hydrogens is 1260 g/mol. The number of nitrogens with zero attached hydrogens (tertiary/aromatic N) is 2.